The van der Waals surface area contributed by atoms with E-state index in [4.69, 9.17) is 4.74 Å². The van der Waals surface area contributed by atoms with Crippen LogP contribution in [0.15, 0.2) is 78.9 Å². The second kappa shape index (κ2) is 6.88. The van der Waals surface area contributed by atoms with Crippen LogP contribution in [0.5, 0.6) is 5.75 Å². The number of para-hydroxylation sites is 1. The van der Waals surface area contributed by atoms with Gasteiger partial charge in [0.1, 0.15) is 12.3 Å². The van der Waals surface area contributed by atoms with Gasteiger partial charge in [-0.2, -0.15) is 0 Å². The van der Waals surface area contributed by atoms with Crippen LogP contribution in [-0.2, 0) is 4.79 Å². The summed E-state index contributed by atoms with van der Waals surface area (Å²) in [6, 6.07) is 23.2. The van der Waals surface area contributed by atoms with Gasteiger partial charge in [-0.1, -0.05) is 60.7 Å². The van der Waals surface area contributed by atoms with Gasteiger partial charge in [0.25, 0.3) is 11.8 Å². The molecule has 1 aliphatic rings. The summed E-state index contributed by atoms with van der Waals surface area (Å²) >= 11 is 0. The molecule has 0 fully saturated rings. The van der Waals surface area contributed by atoms with Gasteiger partial charge < -0.3 is 4.74 Å². The largest absolute Gasteiger partial charge is 0.425 e. The van der Waals surface area contributed by atoms with Crippen molar-refractivity contribution in [1.29, 1.82) is 0 Å². The van der Waals surface area contributed by atoms with Gasteiger partial charge in [0, 0.05) is 5.56 Å². The van der Waals surface area contributed by atoms with Crippen LogP contribution in [0.3, 0.4) is 0 Å². The predicted molar refractivity (Wildman–Crippen MR) is 99.3 cm³/mol. The third-order valence-electron chi connectivity index (χ3n) is 4.36. The van der Waals surface area contributed by atoms with Crippen molar-refractivity contribution < 1.29 is 19.1 Å². The second-order valence-corrected chi connectivity index (χ2v) is 6.08. The molecule has 0 aromatic heterocycles. The SMILES string of the molecule is O=C(CN1C(=O)c2ccccc2C1=O)Oc1ccccc1-c1ccccc1. The zero-order valence-corrected chi connectivity index (χ0v) is 14.3. The lowest BCUT2D eigenvalue weighted by molar-refractivity contribution is -0.134. The van der Waals surface area contributed by atoms with Crippen molar-refractivity contribution in [2.75, 3.05) is 6.54 Å². The molecule has 0 radical (unpaired) electrons. The third kappa shape index (κ3) is 3.11. The van der Waals surface area contributed by atoms with Crippen molar-refractivity contribution in [2.24, 2.45) is 0 Å². The fourth-order valence-corrected chi connectivity index (χ4v) is 3.08. The molecular formula is C22H15NO4. The first-order valence-corrected chi connectivity index (χ1v) is 8.45. The maximum Gasteiger partial charge on any atom is 0.331 e. The lowest BCUT2D eigenvalue weighted by atomic mass is 10.1. The first-order chi connectivity index (χ1) is 13.1. The monoisotopic (exact) mass is 357 g/mol. The number of benzene rings is 3. The van der Waals surface area contributed by atoms with E-state index < -0.39 is 24.3 Å². The highest BCUT2D eigenvalue weighted by Crippen LogP contribution is 2.30. The topological polar surface area (TPSA) is 63.7 Å². The summed E-state index contributed by atoms with van der Waals surface area (Å²) < 4.78 is 5.47. The highest BCUT2D eigenvalue weighted by molar-refractivity contribution is 6.22. The van der Waals surface area contributed by atoms with Crippen LogP contribution in [0.4, 0.5) is 0 Å². The Kier molecular flexibility index (Phi) is 4.26. The van der Waals surface area contributed by atoms with E-state index in [0.29, 0.717) is 16.9 Å². The molecule has 1 heterocycles. The van der Waals surface area contributed by atoms with E-state index >= 15 is 0 Å². The lowest BCUT2D eigenvalue weighted by Crippen LogP contribution is -2.36. The predicted octanol–water partition coefficient (Wildman–Crippen LogP) is 3.56. The standard InChI is InChI=1S/C22H15NO4/c24-20(14-23-21(25)17-11-4-5-12-18(17)22(23)26)27-19-13-7-6-10-16(19)15-8-2-1-3-9-15/h1-13H,14H2. The molecule has 5 nitrogen and oxygen atoms in total. The number of nitrogens with zero attached hydrogens (tertiary/aromatic N) is 1. The van der Waals surface area contributed by atoms with E-state index in [1.54, 1.807) is 36.4 Å². The summed E-state index contributed by atoms with van der Waals surface area (Å²) in [5.74, 6) is -1.26. The summed E-state index contributed by atoms with van der Waals surface area (Å²) in [6.45, 7) is -0.435. The number of ether oxygens (including phenoxy) is 1. The summed E-state index contributed by atoms with van der Waals surface area (Å²) in [6.07, 6.45) is 0. The number of rotatable bonds is 4. The van der Waals surface area contributed by atoms with Gasteiger partial charge >= 0.3 is 5.97 Å². The minimum atomic E-state index is -0.673. The fourth-order valence-electron chi connectivity index (χ4n) is 3.08. The Labute approximate surface area is 155 Å². The van der Waals surface area contributed by atoms with Crippen LogP contribution in [0.25, 0.3) is 11.1 Å². The average molecular weight is 357 g/mol. The molecule has 1 aliphatic heterocycles. The number of carbonyl (C=O) groups is 3. The average Bonchev–Trinajstić information content (AvgIpc) is 2.94. The molecule has 2 amide bonds. The summed E-state index contributed by atoms with van der Waals surface area (Å²) in [7, 11) is 0. The molecule has 0 unspecified atom stereocenters. The maximum atomic E-state index is 12.4. The van der Waals surface area contributed by atoms with Crippen molar-refractivity contribution >= 4 is 17.8 Å². The van der Waals surface area contributed by atoms with Crippen LogP contribution in [0.1, 0.15) is 20.7 Å². The van der Waals surface area contributed by atoms with Gasteiger partial charge in [0.05, 0.1) is 11.1 Å². The Morgan fingerprint density at radius 1 is 0.704 bits per heavy atom. The van der Waals surface area contributed by atoms with Gasteiger partial charge in [-0.15, -0.1) is 0 Å². The third-order valence-corrected chi connectivity index (χ3v) is 4.36. The van der Waals surface area contributed by atoms with Crippen LogP contribution in [0.2, 0.25) is 0 Å². The Balaban J connectivity index is 1.54. The molecule has 4 rings (SSSR count). The van der Waals surface area contributed by atoms with Crippen LogP contribution < -0.4 is 4.74 Å². The highest BCUT2D eigenvalue weighted by atomic mass is 16.5. The van der Waals surface area contributed by atoms with E-state index in [1.807, 2.05) is 42.5 Å². The van der Waals surface area contributed by atoms with Crippen molar-refractivity contribution in [3.8, 4) is 16.9 Å². The second-order valence-electron chi connectivity index (χ2n) is 6.08. The minimum absolute atomic E-state index is 0.306. The zero-order valence-electron chi connectivity index (χ0n) is 14.3. The number of amides is 2. The molecule has 5 heteroatoms. The van der Waals surface area contributed by atoms with E-state index in [2.05, 4.69) is 0 Å². The van der Waals surface area contributed by atoms with Crippen molar-refractivity contribution in [2.45, 2.75) is 0 Å². The van der Waals surface area contributed by atoms with Crippen molar-refractivity contribution in [3.63, 3.8) is 0 Å². The van der Waals surface area contributed by atoms with Crippen LogP contribution in [-0.4, -0.2) is 29.2 Å². The van der Waals surface area contributed by atoms with Gasteiger partial charge in [-0.25, -0.2) is 4.79 Å². The van der Waals surface area contributed by atoms with Crippen molar-refractivity contribution in [3.05, 3.63) is 90.0 Å². The van der Waals surface area contributed by atoms with Gasteiger partial charge in [0.2, 0.25) is 0 Å². The highest BCUT2D eigenvalue weighted by Gasteiger charge is 2.36. The molecule has 0 aliphatic carbocycles. The Morgan fingerprint density at radius 2 is 1.22 bits per heavy atom. The molecule has 0 saturated heterocycles. The Bertz CT molecular complexity index is 1010. The Hall–Kier alpha value is -3.73. The molecule has 0 spiro atoms. The number of fused-ring (bicyclic) bond motifs is 1. The number of hydrogen-bond acceptors (Lipinski definition) is 4. The van der Waals surface area contributed by atoms with E-state index in [9.17, 15) is 14.4 Å². The summed E-state index contributed by atoms with van der Waals surface area (Å²) in [5.41, 5.74) is 2.27. The molecule has 0 atom stereocenters. The number of hydrogen-bond donors (Lipinski definition) is 0. The summed E-state index contributed by atoms with van der Waals surface area (Å²) in [4.78, 5) is 38.1. The molecular weight excluding hydrogens is 342 g/mol. The van der Waals surface area contributed by atoms with Crippen molar-refractivity contribution in [1.82, 2.24) is 4.90 Å². The van der Waals surface area contributed by atoms with Crippen LogP contribution in [0, 0.1) is 0 Å². The van der Waals surface area contributed by atoms with Crippen LogP contribution >= 0.6 is 0 Å². The van der Waals surface area contributed by atoms with Gasteiger partial charge in [-0.3, -0.25) is 14.5 Å². The van der Waals surface area contributed by atoms with Gasteiger partial charge in [0.15, 0.2) is 0 Å². The molecule has 3 aromatic carbocycles. The lowest BCUT2D eigenvalue weighted by Gasteiger charge is -2.14. The molecule has 0 saturated carbocycles. The summed E-state index contributed by atoms with van der Waals surface area (Å²) in [5, 5.41) is 0. The first kappa shape index (κ1) is 16.7. The molecule has 3 aromatic rings. The smallest absolute Gasteiger partial charge is 0.331 e. The minimum Gasteiger partial charge on any atom is -0.425 e. The van der Waals surface area contributed by atoms with E-state index in [0.717, 1.165) is 16.0 Å². The van der Waals surface area contributed by atoms with E-state index in [1.165, 1.54) is 0 Å². The normalized spacial score (nSPS) is 12.8. The zero-order chi connectivity index (χ0) is 18.8. The molecule has 132 valence electrons. The number of carbonyl (C=O) groups excluding carboxylic acids is 3. The number of imide groups is 1. The van der Waals surface area contributed by atoms with Gasteiger partial charge in [-0.05, 0) is 23.8 Å². The fraction of sp³-hybridized carbons (Fsp3) is 0.0455. The number of esters is 1. The molecule has 27 heavy (non-hydrogen) atoms. The molecule has 0 N–H and O–H groups in total. The quantitative estimate of drug-likeness (QED) is 0.407. The first-order valence-electron chi connectivity index (χ1n) is 8.45. The van der Waals surface area contributed by atoms with E-state index in [-0.39, 0.29) is 0 Å². The maximum absolute atomic E-state index is 12.4. The molecule has 0 bridgehead atoms. The Morgan fingerprint density at radius 3 is 1.85 bits per heavy atom.